The molecule has 2 aliphatic rings. The van der Waals surface area contributed by atoms with Gasteiger partial charge in [-0.05, 0) is 116 Å². The van der Waals surface area contributed by atoms with E-state index in [1.54, 1.807) is 29.7 Å². The lowest BCUT2D eigenvalue weighted by atomic mass is 9.73. The largest absolute Gasteiger partial charge is 0.456 e. The van der Waals surface area contributed by atoms with E-state index in [-0.39, 0.29) is 11.2 Å². The number of thiophene rings is 1. The van der Waals surface area contributed by atoms with Gasteiger partial charge in [-0.25, -0.2) is 19.0 Å². The van der Waals surface area contributed by atoms with E-state index in [0.717, 1.165) is 79.8 Å². The molecule has 1 aliphatic heterocycles. The smallest absolute Gasteiger partial charge is 0.342 e. The van der Waals surface area contributed by atoms with E-state index >= 15 is 0 Å². The number of nitrogens with zero attached hydrogens (tertiary/aromatic N) is 4. The first-order valence-corrected chi connectivity index (χ1v) is 18.6. The zero-order chi connectivity index (χ0) is 36.6. The number of hydrogen-bond acceptors (Lipinski definition) is 7. The molecule has 4 heterocycles. The number of hydrogen-bond donors (Lipinski definition) is 1. The van der Waals surface area contributed by atoms with Crippen LogP contribution in [-0.2, 0) is 4.74 Å². The molecule has 52 heavy (non-hydrogen) atoms. The second-order valence-corrected chi connectivity index (χ2v) is 16.5. The molecule has 10 heteroatoms. The van der Waals surface area contributed by atoms with Crippen molar-refractivity contribution < 1.29 is 18.7 Å². The highest BCUT2D eigenvalue weighted by molar-refractivity contribution is 7.11. The second-order valence-electron chi connectivity index (χ2n) is 15.6. The number of carbonyl (C=O) groups excluding carboxylic acids is 1. The summed E-state index contributed by atoms with van der Waals surface area (Å²) in [6.07, 6.45) is 6.68. The van der Waals surface area contributed by atoms with Crippen LogP contribution in [0.5, 0.6) is 11.5 Å². The Bertz CT molecular complexity index is 2200. The number of ether oxygens (including phenoxy) is 2. The fourth-order valence-electron chi connectivity index (χ4n) is 7.05. The lowest BCUT2D eigenvalue weighted by Crippen LogP contribution is -2.47. The normalized spacial score (nSPS) is 16.6. The fraction of sp³-hybridized carbons (Fsp3) is 0.357. The molecule has 0 atom stereocenters. The number of anilines is 1. The molecule has 0 spiro atoms. The molecule has 1 aliphatic carbocycles. The molecule has 3 aromatic heterocycles. The van der Waals surface area contributed by atoms with Gasteiger partial charge in [0.25, 0.3) is 0 Å². The third kappa shape index (κ3) is 8.06. The Morgan fingerprint density at radius 1 is 1.06 bits per heavy atom. The van der Waals surface area contributed by atoms with Crippen LogP contribution in [0.3, 0.4) is 0 Å². The molecule has 1 fully saturated rings. The molecule has 7 rings (SSSR count). The summed E-state index contributed by atoms with van der Waals surface area (Å²) in [5, 5.41) is 3.01. The SMILES string of the molecule is [C-]#[N+]c1cc(F)cc(-c2csc(C3=C(CN4CCN(c5ccc(C(=O)OC(C)(C)C)c(Oc6cnc7[nH]ccc7c6)c5)CC4)CCC(C)(C)C3)c2)c1. The van der Waals surface area contributed by atoms with Crippen molar-refractivity contribution in [3.05, 3.63) is 106 Å². The second kappa shape index (κ2) is 14.2. The summed E-state index contributed by atoms with van der Waals surface area (Å²) in [6.45, 7) is 22.0. The number of benzene rings is 2. The van der Waals surface area contributed by atoms with Gasteiger partial charge in [-0.15, -0.1) is 11.3 Å². The van der Waals surface area contributed by atoms with Gasteiger partial charge in [0.2, 0.25) is 0 Å². The molecule has 1 saturated heterocycles. The molecule has 0 saturated carbocycles. The van der Waals surface area contributed by atoms with Gasteiger partial charge < -0.3 is 19.4 Å². The van der Waals surface area contributed by atoms with Crippen LogP contribution in [-0.4, -0.2) is 59.2 Å². The monoisotopic (exact) mass is 717 g/mol. The van der Waals surface area contributed by atoms with E-state index in [2.05, 4.69) is 49.9 Å². The molecule has 0 radical (unpaired) electrons. The Balaban J connectivity index is 1.09. The van der Waals surface area contributed by atoms with Gasteiger partial charge >= 0.3 is 5.97 Å². The average molecular weight is 718 g/mol. The van der Waals surface area contributed by atoms with Crippen molar-refractivity contribution in [2.24, 2.45) is 5.41 Å². The zero-order valence-corrected chi connectivity index (χ0v) is 31.2. The summed E-state index contributed by atoms with van der Waals surface area (Å²) in [5.74, 6) is 0.157. The van der Waals surface area contributed by atoms with Crippen LogP contribution in [0.1, 0.15) is 69.1 Å². The topological polar surface area (TPSA) is 75.1 Å². The molecule has 268 valence electrons. The molecule has 0 bridgehead atoms. The van der Waals surface area contributed by atoms with E-state index in [9.17, 15) is 9.18 Å². The van der Waals surface area contributed by atoms with Crippen LogP contribution in [0.15, 0.2) is 77.9 Å². The zero-order valence-electron chi connectivity index (χ0n) is 30.4. The number of aromatic nitrogens is 2. The van der Waals surface area contributed by atoms with Gasteiger partial charge in [-0.1, -0.05) is 19.4 Å². The van der Waals surface area contributed by atoms with Crippen molar-refractivity contribution in [1.82, 2.24) is 14.9 Å². The number of piperazine rings is 1. The van der Waals surface area contributed by atoms with E-state index in [4.69, 9.17) is 16.0 Å². The minimum Gasteiger partial charge on any atom is -0.456 e. The molecule has 0 unspecified atom stereocenters. The summed E-state index contributed by atoms with van der Waals surface area (Å²) >= 11 is 1.71. The maximum Gasteiger partial charge on any atom is 0.342 e. The number of carbonyl (C=O) groups is 1. The number of nitrogens with one attached hydrogen (secondary N) is 1. The Morgan fingerprint density at radius 3 is 2.63 bits per heavy atom. The van der Waals surface area contributed by atoms with Crippen LogP contribution in [0.4, 0.5) is 15.8 Å². The lowest BCUT2D eigenvalue weighted by molar-refractivity contribution is 0.00671. The number of H-pyrrole nitrogens is 1. The molecule has 0 amide bonds. The standard InChI is InChI=1S/C42H44FN5O3S/c1-41(2,3)51-40(49)35-8-7-33(22-37(35)50-34-19-27-10-12-45-39(27)46-24-34)48-15-13-47(14-16-48)25-28-9-11-42(4,5)23-36(28)38-20-30(26-52-38)29-17-31(43)21-32(18-29)44-6/h7-8,10,12,17-22,24,26H,9,11,13-16,23,25H2,1-5H3,(H,45,46). The van der Waals surface area contributed by atoms with Gasteiger partial charge in [0.05, 0.1) is 12.8 Å². The number of halogens is 1. The first kappa shape index (κ1) is 35.4. The third-order valence-electron chi connectivity index (χ3n) is 9.77. The number of pyridine rings is 1. The Labute approximate surface area is 308 Å². The molecular weight excluding hydrogens is 674 g/mol. The highest BCUT2D eigenvalue weighted by Crippen LogP contribution is 2.46. The average Bonchev–Trinajstić information content (AvgIpc) is 3.79. The van der Waals surface area contributed by atoms with E-state index < -0.39 is 11.6 Å². The fourth-order valence-corrected chi connectivity index (χ4v) is 8.06. The van der Waals surface area contributed by atoms with Crippen LogP contribution in [0, 0.1) is 17.8 Å². The van der Waals surface area contributed by atoms with E-state index in [1.165, 1.54) is 28.2 Å². The highest BCUT2D eigenvalue weighted by atomic mass is 32.1. The van der Waals surface area contributed by atoms with E-state index in [1.807, 2.05) is 51.2 Å². The van der Waals surface area contributed by atoms with E-state index in [0.29, 0.717) is 22.7 Å². The number of rotatable bonds is 8. The molecule has 8 nitrogen and oxygen atoms in total. The number of fused-ring (bicyclic) bond motifs is 1. The number of allylic oxidation sites excluding steroid dienone is 1. The summed E-state index contributed by atoms with van der Waals surface area (Å²) < 4.78 is 26.4. The Hall–Kier alpha value is -4.98. The highest BCUT2D eigenvalue weighted by Gasteiger charge is 2.30. The summed E-state index contributed by atoms with van der Waals surface area (Å²) in [4.78, 5) is 30.4. The van der Waals surface area contributed by atoms with Crippen molar-refractivity contribution in [2.75, 3.05) is 37.6 Å². The number of esters is 1. The first-order chi connectivity index (χ1) is 24.8. The van der Waals surface area contributed by atoms with Crippen LogP contribution >= 0.6 is 11.3 Å². The molecule has 5 aromatic rings. The van der Waals surface area contributed by atoms with Crippen LogP contribution in [0.25, 0.3) is 32.6 Å². The van der Waals surface area contributed by atoms with Gasteiger partial charge in [0.1, 0.15) is 34.1 Å². The quantitative estimate of drug-likeness (QED) is 0.127. The maximum absolute atomic E-state index is 14.3. The predicted octanol–water partition coefficient (Wildman–Crippen LogP) is 10.5. The van der Waals surface area contributed by atoms with Crippen molar-refractivity contribution in [3.63, 3.8) is 0 Å². The van der Waals surface area contributed by atoms with Gasteiger partial charge in [0, 0.05) is 60.9 Å². The summed E-state index contributed by atoms with van der Waals surface area (Å²) in [5.41, 5.74) is 6.58. The van der Waals surface area contributed by atoms with Gasteiger partial charge in [0.15, 0.2) is 5.69 Å². The predicted molar refractivity (Wildman–Crippen MR) is 207 cm³/mol. The van der Waals surface area contributed by atoms with Gasteiger partial charge in [-0.2, -0.15) is 0 Å². The van der Waals surface area contributed by atoms with Crippen molar-refractivity contribution >= 4 is 45.3 Å². The third-order valence-corrected chi connectivity index (χ3v) is 10.8. The van der Waals surface area contributed by atoms with Crippen molar-refractivity contribution in [1.29, 1.82) is 0 Å². The Morgan fingerprint density at radius 2 is 1.87 bits per heavy atom. The summed E-state index contributed by atoms with van der Waals surface area (Å²) in [6, 6.07) is 16.3. The minimum atomic E-state index is -0.644. The molecular formula is C42H44FN5O3S. The minimum absolute atomic E-state index is 0.201. The first-order valence-electron chi connectivity index (χ1n) is 17.8. The maximum atomic E-state index is 14.3. The lowest BCUT2D eigenvalue weighted by Gasteiger charge is -2.39. The van der Waals surface area contributed by atoms with Crippen LogP contribution in [0.2, 0.25) is 0 Å². The molecule has 1 N–H and O–H groups in total. The van der Waals surface area contributed by atoms with Crippen molar-refractivity contribution in [3.8, 4) is 22.6 Å². The van der Waals surface area contributed by atoms with Crippen molar-refractivity contribution in [2.45, 2.75) is 59.5 Å². The molecule has 2 aromatic carbocycles. The number of aromatic amines is 1. The van der Waals surface area contributed by atoms with Gasteiger partial charge in [-0.3, -0.25) is 4.90 Å². The summed E-state index contributed by atoms with van der Waals surface area (Å²) in [7, 11) is 0. The van der Waals surface area contributed by atoms with Crippen LogP contribution < -0.4 is 9.64 Å². The Kier molecular flexibility index (Phi) is 9.68.